The monoisotopic (exact) mass is 244 g/mol. The number of rotatable bonds is 2. The van der Waals surface area contributed by atoms with E-state index in [0.717, 1.165) is 0 Å². The Labute approximate surface area is 98.3 Å². The van der Waals surface area contributed by atoms with Crippen LogP contribution < -0.4 is 5.32 Å². The van der Waals surface area contributed by atoms with Crippen molar-refractivity contribution in [3.8, 4) is 0 Å². The fourth-order valence-corrected chi connectivity index (χ4v) is 2.22. The number of aliphatic carboxylic acids is 1. The standard InChI is InChI=1S/C10H16N2O5/c13-6-3-8(10(15)16)12(4-6)9(14)7-5-17-2-1-11-7/h6-8,11,13H,1-5H2,(H,15,16)/t6-,7?,8+/m1/s1. The molecule has 2 fully saturated rings. The Kier molecular flexibility index (Phi) is 3.60. The van der Waals surface area contributed by atoms with E-state index in [4.69, 9.17) is 9.84 Å². The third-order valence-electron chi connectivity index (χ3n) is 3.07. The summed E-state index contributed by atoms with van der Waals surface area (Å²) in [6.45, 7) is 1.45. The fourth-order valence-electron chi connectivity index (χ4n) is 2.22. The van der Waals surface area contributed by atoms with Crippen LogP contribution in [0.4, 0.5) is 0 Å². The lowest BCUT2D eigenvalue weighted by Gasteiger charge is -2.29. The minimum Gasteiger partial charge on any atom is -0.480 e. The molecular formula is C10H16N2O5. The van der Waals surface area contributed by atoms with Crippen molar-refractivity contribution in [3.63, 3.8) is 0 Å². The van der Waals surface area contributed by atoms with Gasteiger partial charge in [0.15, 0.2) is 0 Å². The van der Waals surface area contributed by atoms with E-state index in [9.17, 15) is 14.7 Å². The molecule has 0 bridgehead atoms. The quantitative estimate of drug-likeness (QED) is 0.520. The van der Waals surface area contributed by atoms with Crippen molar-refractivity contribution in [3.05, 3.63) is 0 Å². The second-order valence-corrected chi connectivity index (χ2v) is 4.32. The highest BCUT2D eigenvalue weighted by Gasteiger charge is 2.41. The largest absolute Gasteiger partial charge is 0.480 e. The van der Waals surface area contributed by atoms with E-state index in [0.29, 0.717) is 13.2 Å². The van der Waals surface area contributed by atoms with Crippen molar-refractivity contribution in [2.24, 2.45) is 0 Å². The lowest BCUT2D eigenvalue weighted by Crippen LogP contribution is -2.54. The highest BCUT2D eigenvalue weighted by Crippen LogP contribution is 2.19. The predicted molar refractivity (Wildman–Crippen MR) is 56.4 cm³/mol. The maximum atomic E-state index is 12.1. The highest BCUT2D eigenvalue weighted by molar-refractivity contribution is 5.87. The minimum atomic E-state index is -1.08. The first-order chi connectivity index (χ1) is 8.09. The highest BCUT2D eigenvalue weighted by atomic mass is 16.5. The van der Waals surface area contributed by atoms with E-state index in [1.54, 1.807) is 0 Å². The van der Waals surface area contributed by atoms with Crippen molar-refractivity contribution in [2.45, 2.75) is 24.6 Å². The summed E-state index contributed by atoms with van der Waals surface area (Å²) >= 11 is 0. The topological polar surface area (TPSA) is 99.1 Å². The molecule has 2 heterocycles. The van der Waals surface area contributed by atoms with Crippen molar-refractivity contribution >= 4 is 11.9 Å². The molecule has 17 heavy (non-hydrogen) atoms. The Morgan fingerprint density at radius 1 is 1.41 bits per heavy atom. The van der Waals surface area contributed by atoms with Gasteiger partial charge in [0, 0.05) is 19.5 Å². The molecule has 2 aliphatic rings. The van der Waals surface area contributed by atoms with E-state index in [2.05, 4.69) is 5.32 Å². The Balaban J connectivity index is 2.04. The molecule has 0 aromatic rings. The summed E-state index contributed by atoms with van der Waals surface area (Å²) in [4.78, 5) is 24.3. The van der Waals surface area contributed by atoms with Crippen LogP contribution in [-0.4, -0.2) is 71.5 Å². The minimum absolute atomic E-state index is 0.0774. The molecule has 0 saturated carbocycles. The van der Waals surface area contributed by atoms with Gasteiger partial charge in [0.05, 0.1) is 19.3 Å². The van der Waals surface area contributed by atoms with Crippen molar-refractivity contribution < 1.29 is 24.5 Å². The first-order valence-corrected chi connectivity index (χ1v) is 5.62. The zero-order valence-corrected chi connectivity index (χ0v) is 9.33. The smallest absolute Gasteiger partial charge is 0.326 e. The zero-order valence-electron chi connectivity index (χ0n) is 9.33. The number of nitrogens with one attached hydrogen (secondary N) is 1. The van der Waals surface area contributed by atoms with E-state index in [-0.39, 0.29) is 25.5 Å². The zero-order chi connectivity index (χ0) is 12.4. The number of hydrogen-bond donors (Lipinski definition) is 3. The van der Waals surface area contributed by atoms with Gasteiger partial charge in [-0.1, -0.05) is 0 Å². The Morgan fingerprint density at radius 3 is 2.76 bits per heavy atom. The first kappa shape index (κ1) is 12.3. The van der Waals surface area contributed by atoms with E-state index < -0.39 is 24.2 Å². The molecule has 2 saturated heterocycles. The summed E-state index contributed by atoms with van der Waals surface area (Å²) in [7, 11) is 0. The van der Waals surface area contributed by atoms with Crippen LogP contribution in [0.5, 0.6) is 0 Å². The summed E-state index contributed by atoms with van der Waals surface area (Å²) in [5, 5.41) is 21.4. The van der Waals surface area contributed by atoms with Crippen LogP contribution in [0.1, 0.15) is 6.42 Å². The van der Waals surface area contributed by atoms with Gasteiger partial charge in [-0.3, -0.25) is 4.79 Å². The summed E-state index contributed by atoms with van der Waals surface area (Å²) in [5.74, 6) is -1.39. The molecule has 3 atom stereocenters. The van der Waals surface area contributed by atoms with Crippen LogP contribution in [0.15, 0.2) is 0 Å². The van der Waals surface area contributed by atoms with Crippen molar-refractivity contribution in [2.75, 3.05) is 26.3 Å². The van der Waals surface area contributed by atoms with Crippen molar-refractivity contribution in [1.29, 1.82) is 0 Å². The van der Waals surface area contributed by atoms with Gasteiger partial charge < -0.3 is 25.2 Å². The van der Waals surface area contributed by atoms with Crippen LogP contribution in [0.3, 0.4) is 0 Å². The predicted octanol–water partition coefficient (Wildman–Crippen LogP) is -1.98. The van der Waals surface area contributed by atoms with Crippen LogP contribution >= 0.6 is 0 Å². The number of β-amino-alcohol motifs (C(OH)–C–C–N with tert-alkyl or cyclic N) is 1. The molecule has 0 aromatic heterocycles. The second kappa shape index (κ2) is 4.99. The lowest BCUT2D eigenvalue weighted by atomic mass is 10.2. The molecule has 1 unspecified atom stereocenters. The molecule has 0 aromatic carbocycles. The summed E-state index contributed by atoms with van der Waals surface area (Å²) in [6, 6.07) is -1.43. The molecule has 0 spiro atoms. The first-order valence-electron chi connectivity index (χ1n) is 5.62. The molecule has 0 aliphatic carbocycles. The molecule has 2 aliphatic heterocycles. The number of carbonyl (C=O) groups is 2. The average Bonchev–Trinajstić information content (AvgIpc) is 2.72. The Hall–Kier alpha value is -1.18. The number of carbonyl (C=O) groups excluding carboxylic acids is 1. The third kappa shape index (κ3) is 2.56. The number of aliphatic hydroxyl groups is 1. The maximum Gasteiger partial charge on any atom is 0.326 e. The number of likely N-dealkylation sites (tertiary alicyclic amines) is 1. The Morgan fingerprint density at radius 2 is 2.18 bits per heavy atom. The summed E-state index contributed by atoms with van der Waals surface area (Å²) in [5.41, 5.74) is 0. The SMILES string of the molecule is O=C(O)[C@@H]1C[C@@H](O)CN1C(=O)C1COCCN1. The maximum absolute atomic E-state index is 12.1. The molecule has 0 radical (unpaired) electrons. The number of carboxylic acid groups (broad SMARTS) is 1. The van der Waals surface area contributed by atoms with Crippen molar-refractivity contribution in [1.82, 2.24) is 10.2 Å². The molecule has 1 amide bonds. The van der Waals surface area contributed by atoms with Crippen LogP contribution in [0.25, 0.3) is 0 Å². The molecule has 96 valence electrons. The van der Waals surface area contributed by atoms with Gasteiger partial charge in [0.2, 0.25) is 5.91 Å². The van der Waals surface area contributed by atoms with Crippen LogP contribution in [-0.2, 0) is 14.3 Å². The van der Waals surface area contributed by atoms with E-state index in [1.807, 2.05) is 0 Å². The van der Waals surface area contributed by atoms with E-state index in [1.165, 1.54) is 4.90 Å². The van der Waals surface area contributed by atoms with E-state index >= 15 is 0 Å². The molecule has 3 N–H and O–H groups in total. The summed E-state index contributed by atoms with van der Waals surface area (Å²) < 4.78 is 5.17. The number of hydrogen-bond acceptors (Lipinski definition) is 5. The van der Waals surface area contributed by atoms with Gasteiger partial charge in [-0.2, -0.15) is 0 Å². The summed E-state index contributed by atoms with van der Waals surface area (Å²) in [6.07, 6.45) is -0.668. The number of nitrogens with zero attached hydrogens (tertiary/aromatic N) is 1. The molecule has 7 heteroatoms. The normalized spacial score (nSPS) is 33.7. The average molecular weight is 244 g/mol. The van der Waals surface area contributed by atoms with Crippen LogP contribution in [0.2, 0.25) is 0 Å². The number of carboxylic acids is 1. The second-order valence-electron chi connectivity index (χ2n) is 4.32. The lowest BCUT2D eigenvalue weighted by molar-refractivity contribution is -0.150. The molecule has 2 rings (SSSR count). The number of morpholine rings is 1. The molecular weight excluding hydrogens is 228 g/mol. The number of aliphatic hydroxyl groups excluding tert-OH is 1. The van der Waals surface area contributed by atoms with Gasteiger partial charge in [-0.05, 0) is 0 Å². The molecule has 7 nitrogen and oxygen atoms in total. The van der Waals surface area contributed by atoms with Gasteiger partial charge in [0.1, 0.15) is 12.1 Å². The van der Waals surface area contributed by atoms with Gasteiger partial charge in [-0.15, -0.1) is 0 Å². The van der Waals surface area contributed by atoms with Gasteiger partial charge in [0.25, 0.3) is 0 Å². The Bertz CT molecular complexity index is 316. The number of amides is 1. The third-order valence-corrected chi connectivity index (χ3v) is 3.07. The number of ether oxygens (including phenoxy) is 1. The van der Waals surface area contributed by atoms with Gasteiger partial charge in [-0.25, -0.2) is 4.79 Å². The van der Waals surface area contributed by atoms with Gasteiger partial charge >= 0.3 is 5.97 Å². The fraction of sp³-hybridized carbons (Fsp3) is 0.800. The van der Waals surface area contributed by atoms with Crippen LogP contribution in [0, 0.1) is 0 Å².